The van der Waals surface area contributed by atoms with E-state index in [1.165, 1.54) is 16.6 Å². The Bertz CT molecular complexity index is 972. The number of anilines is 1. The van der Waals surface area contributed by atoms with Crippen molar-refractivity contribution in [2.24, 2.45) is 0 Å². The molecule has 1 unspecified atom stereocenters. The number of hydrogen-bond acceptors (Lipinski definition) is 6. The van der Waals surface area contributed by atoms with Crippen LogP contribution < -0.4 is 15.3 Å². The first-order valence-electron chi connectivity index (χ1n) is 11.3. The van der Waals surface area contributed by atoms with Gasteiger partial charge in [-0.2, -0.15) is 4.98 Å². The molecule has 6 nitrogen and oxygen atoms in total. The smallest absolute Gasteiger partial charge is 0.360 e. The maximum Gasteiger partial charge on any atom is 0.360 e. The molecular formula is C25H30N2O4Si. The molecule has 1 saturated heterocycles. The number of oxazole rings is 1. The zero-order chi connectivity index (χ0) is 22.4. The van der Waals surface area contributed by atoms with Gasteiger partial charge in [-0.3, -0.25) is 4.90 Å². The molecule has 0 saturated carbocycles. The number of benzene rings is 2. The Morgan fingerprint density at radius 1 is 1.09 bits per heavy atom. The molecule has 0 N–H and O–H groups in total. The molecule has 0 amide bonds. The van der Waals surface area contributed by atoms with E-state index in [0.717, 1.165) is 32.2 Å². The summed E-state index contributed by atoms with van der Waals surface area (Å²) in [5, 5.41) is 2.47. The van der Waals surface area contributed by atoms with Gasteiger partial charge in [-0.1, -0.05) is 74.0 Å². The quantitative estimate of drug-likeness (QED) is 0.348. The van der Waals surface area contributed by atoms with Gasteiger partial charge in [-0.15, -0.1) is 0 Å². The molecule has 1 aliphatic heterocycles. The second-order valence-electron chi connectivity index (χ2n) is 8.01. The Kier molecular flexibility index (Phi) is 7.07. The van der Waals surface area contributed by atoms with Crippen LogP contribution in [0.3, 0.4) is 0 Å². The predicted octanol–water partition coefficient (Wildman–Crippen LogP) is 3.50. The van der Waals surface area contributed by atoms with Crippen molar-refractivity contribution in [3.05, 3.63) is 72.6 Å². The van der Waals surface area contributed by atoms with Crippen LogP contribution in [-0.4, -0.2) is 38.9 Å². The van der Waals surface area contributed by atoms with E-state index in [0.29, 0.717) is 12.6 Å². The molecule has 0 radical (unpaired) electrons. The van der Waals surface area contributed by atoms with Crippen LogP contribution in [0.2, 0.25) is 0 Å². The lowest BCUT2D eigenvalue weighted by atomic mass is 9.93. The van der Waals surface area contributed by atoms with Crippen LogP contribution >= 0.6 is 0 Å². The Labute approximate surface area is 190 Å². The second kappa shape index (κ2) is 10.1. The van der Waals surface area contributed by atoms with Crippen molar-refractivity contribution in [3.63, 3.8) is 0 Å². The number of rotatable bonds is 10. The summed E-state index contributed by atoms with van der Waals surface area (Å²) in [5.74, 6) is -0.469. The Morgan fingerprint density at radius 2 is 1.75 bits per heavy atom. The van der Waals surface area contributed by atoms with E-state index in [1.807, 2.05) is 12.1 Å². The number of nitrogens with zero attached hydrogens (tertiary/aromatic N) is 2. The number of aromatic nitrogens is 1. The van der Waals surface area contributed by atoms with Gasteiger partial charge in [0.2, 0.25) is 9.04 Å². The van der Waals surface area contributed by atoms with Gasteiger partial charge in [0, 0.05) is 13.0 Å². The number of hydrogen-bond donors (Lipinski definition) is 0. The molecule has 1 atom stereocenters. The monoisotopic (exact) mass is 450 g/mol. The highest BCUT2D eigenvalue weighted by Crippen LogP contribution is 2.40. The molecule has 0 aliphatic carbocycles. The molecule has 1 fully saturated rings. The first-order chi connectivity index (χ1) is 15.7. The van der Waals surface area contributed by atoms with Gasteiger partial charge in [0.1, 0.15) is 12.0 Å². The van der Waals surface area contributed by atoms with Crippen LogP contribution in [0.25, 0.3) is 0 Å². The van der Waals surface area contributed by atoms with Crippen LogP contribution in [0.15, 0.2) is 71.3 Å². The zero-order valence-electron chi connectivity index (χ0n) is 18.7. The molecule has 4 rings (SSSR count). The van der Waals surface area contributed by atoms with Crippen LogP contribution in [0, 0.1) is 0 Å². The lowest BCUT2D eigenvalue weighted by Gasteiger charge is -2.53. The predicted molar refractivity (Wildman–Crippen MR) is 127 cm³/mol. The van der Waals surface area contributed by atoms with Gasteiger partial charge in [0.25, 0.3) is 6.01 Å². The van der Waals surface area contributed by atoms with Crippen LogP contribution in [-0.2, 0) is 9.16 Å². The highest BCUT2D eigenvalue weighted by Gasteiger charge is 2.49. The van der Waals surface area contributed by atoms with Gasteiger partial charge < -0.3 is 13.6 Å². The highest BCUT2D eigenvalue weighted by molar-refractivity contribution is 6.80. The third kappa shape index (κ3) is 4.64. The van der Waals surface area contributed by atoms with E-state index >= 15 is 0 Å². The van der Waals surface area contributed by atoms with Crippen molar-refractivity contribution < 1.29 is 18.4 Å². The van der Waals surface area contributed by atoms with Crippen LogP contribution in [0.1, 0.15) is 50.0 Å². The lowest BCUT2D eigenvalue weighted by Crippen LogP contribution is -2.66. The van der Waals surface area contributed by atoms with Crippen molar-refractivity contribution in [1.82, 2.24) is 4.98 Å². The zero-order valence-corrected chi connectivity index (χ0v) is 19.9. The van der Waals surface area contributed by atoms with E-state index in [9.17, 15) is 4.79 Å². The van der Waals surface area contributed by atoms with E-state index < -0.39 is 20.7 Å². The third-order valence-corrected chi connectivity index (χ3v) is 8.54. The summed E-state index contributed by atoms with van der Waals surface area (Å²) >= 11 is 0. The first-order valence-corrected chi connectivity index (χ1v) is 13.0. The average Bonchev–Trinajstić information content (AvgIpc) is 3.29. The van der Waals surface area contributed by atoms with Crippen molar-refractivity contribution in [3.8, 4) is 0 Å². The maximum atomic E-state index is 12.1. The van der Waals surface area contributed by atoms with E-state index in [4.69, 9.17) is 13.6 Å². The molecule has 168 valence electrons. The average molecular weight is 451 g/mol. The summed E-state index contributed by atoms with van der Waals surface area (Å²) in [7, 11) is -1.97. The fourth-order valence-electron chi connectivity index (χ4n) is 4.13. The fraction of sp³-hybridized carbons (Fsp3) is 0.360. The molecule has 1 aromatic heterocycles. The van der Waals surface area contributed by atoms with Gasteiger partial charge in [-0.25, -0.2) is 4.79 Å². The van der Waals surface area contributed by atoms with E-state index in [-0.39, 0.29) is 5.69 Å². The van der Waals surface area contributed by atoms with E-state index in [2.05, 4.69) is 65.3 Å². The third-order valence-electron chi connectivity index (χ3n) is 5.89. The Hall–Kier alpha value is -2.90. The van der Waals surface area contributed by atoms with Crippen molar-refractivity contribution in [2.75, 3.05) is 18.1 Å². The lowest BCUT2D eigenvalue weighted by molar-refractivity contribution is -0.00371. The topological polar surface area (TPSA) is 64.8 Å². The van der Waals surface area contributed by atoms with Crippen molar-refractivity contribution >= 4 is 31.4 Å². The Balaban J connectivity index is 1.65. The van der Waals surface area contributed by atoms with Gasteiger partial charge in [-0.05, 0) is 30.1 Å². The number of esters is 1. The van der Waals surface area contributed by atoms with Gasteiger partial charge in [0.15, 0.2) is 5.69 Å². The number of ether oxygens (including phenoxy) is 1. The van der Waals surface area contributed by atoms with Crippen molar-refractivity contribution in [2.45, 2.75) is 45.3 Å². The molecular weight excluding hydrogens is 420 g/mol. The van der Waals surface area contributed by atoms with Crippen molar-refractivity contribution in [1.29, 1.82) is 0 Å². The molecule has 3 aromatic rings. The highest BCUT2D eigenvalue weighted by atomic mass is 28.3. The fourth-order valence-corrected chi connectivity index (χ4v) is 6.73. The molecule has 0 bridgehead atoms. The summed E-state index contributed by atoms with van der Waals surface area (Å²) in [6.45, 7) is 5.03. The van der Waals surface area contributed by atoms with Crippen LogP contribution in [0.4, 0.5) is 6.01 Å². The summed E-state index contributed by atoms with van der Waals surface area (Å²) in [6.07, 6.45) is 5.25. The summed E-state index contributed by atoms with van der Waals surface area (Å²) in [6, 6.07) is 21.4. The molecule has 1 aliphatic rings. The minimum atomic E-state index is -1.97. The molecule has 2 heterocycles. The van der Waals surface area contributed by atoms with Crippen LogP contribution in [0.5, 0.6) is 0 Å². The number of carbonyl (C=O) groups is 1. The molecule has 2 aromatic carbocycles. The minimum Gasteiger partial charge on any atom is -0.461 e. The normalized spacial score (nSPS) is 17.9. The standard InChI is InChI=1S/C25H30N2O4Si/c1-3-5-16-25(17-18-27(25)24-26-22(19-30-24)23(28)29-4-2)31-32(20-12-8-6-9-13-20)21-14-10-7-11-15-21/h6-15,19,32H,3-5,16-18H2,1-2H3. The largest absolute Gasteiger partial charge is 0.461 e. The molecule has 0 spiro atoms. The van der Waals surface area contributed by atoms with E-state index in [1.54, 1.807) is 6.92 Å². The minimum absolute atomic E-state index is 0.193. The van der Waals surface area contributed by atoms with Gasteiger partial charge >= 0.3 is 5.97 Å². The maximum absolute atomic E-state index is 12.1. The second-order valence-corrected chi connectivity index (χ2v) is 10.3. The number of unbranched alkanes of at least 4 members (excludes halogenated alkanes) is 1. The first kappa shape index (κ1) is 22.3. The SMILES string of the molecule is CCCCC1(O[SiH](c2ccccc2)c2ccccc2)CCN1c1nc(C(=O)OCC)co1. The summed E-state index contributed by atoms with van der Waals surface area (Å²) < 4.78 is 17.9. The Morgan fingerprint density at radius 3 is 2.28 bits per heavy atom. The molecule has 32 heavy (non-hydrogen) atoms. The molecule has 7 heteroatoms. The summed E-state index contributed by atoms with van der Waals surface area (Å²) in [5.41, 5.74) is -0.298. The van der Waals surface area contributed by atoms with Gasteiger partial charge in [0.05, 0.1) is 6.61 Å². The summed E-state index contributed by atoms with van der Waals surface area (Å²) in [4.78, 5) is 18.6. The number of carbonyl (C=O) groups excluding carboxylic acids is 1.